The van der Waals surface area contributed by atoms with E-state index in [-0.39, 0.29) is 12.1 Å². The van der Waals surface area contributed by atoms with Crippen LogP contribution in [0.15, 0.2) is 11.8 Å². The molecule has 3 nitrogen and oxygen atoms in total. The van der Waals surface area contributed by atoms with Gasteiger partial charge in [0.15, 0.2) is 0 Å². The van der Waals surface area contributed by atoms with Gasteiger partial charge in [-0.3, -0.25) is 0 Å². The van der Waals surface area contributed by atoms with Gasteiger partial charge in [-0.05, 0) is 31.3 Å². The predicted octanol–water partition coefficient (Wildman–Crippen LogP) is 1.19. The molecule has 13 heavy (non-hydrogen) atoms. The fraction of sp³-hybridized carbons (Fsp3) is 0.800. The molecule has 0 spiro atoms. The van der Waals surface area contributed by atoms with Crippen molar-refractivity contribution in [3.8, 4) is 0 Å². The van der Waals surface area contributed by atoms with Gasteiger partial charge in [0.25, 0.3) is 0 Å². The smallest absolute Gasteiger partial charge is 0.0876 e. The molecule has 0 aromatic rings. The first-order valence-corrected chi connectivity index (χ1v) is 5.05. The van der Waals surface area contributed by atoms with Crippen molar-refractivity contribution in [3.63, 3.8) is 0 Å². The number of hydrogen-bond acceptors (Lipinski definition) is 3. The van der Waals surface area contributed by atoms with Gasteiger partial charge in [0.05, 0.1) is 25.0 Å². The first-order chi connectivity index (χ1) is 6.38. The van der Waals surface area contributed by atoms with E-state index in [1.807, 2.05) is 6.26 Å². The van der Waals surface area contributed by atoms with Crippen LogP contribution in [-0.4, -0.2) is 25.4 Å². The van der Waals surface area contributed by atoms with Crippen LogP contribution in [0.1, 0.15) is 25.7 Å². The van der Waals surface area contributed by atoms with Gasteiger partial charge in [-0.1, -0.05) is 0 Å². The lowest BCUT2D eigenvalue weighted by atomic mass is 9.97. The molecule has 2 heterocycles. The van der Waals surface area contributed by atoms with Crippen molar-refractivity contribution >= 4 is 0 Å². The first kappa shape index (κ1) is 9.03. The third kappa shape index (κ3) is 2.03. The zero-order valence-electron chi connectivity index (χ0n) is 7.87. The normalized spacial score (nSPS) is 30.8. The van der Waals surface area contributed by atoms with E-state index in [1.165, 1.54) is 5.57 Å². The number of ether oxygens (including phenoxy) is 2. The molecule has 2 rings (SSSR count). The first-order valence-electron chi connectivity index (χ1n) is 5.05. The zero-order valence-corrected chi connectivity index (χ0v) is 7.87. The van der Waals surface area contributed by atoms with E-state index in [0.29, 0.717) is 0 Å². The molecule has 0 aliphatic carbocycles. The Kier molecular flexibility index (Phi) is 2.86. The average molecular weight is 183 g/mol. The lowest BCUT2D eigenvalue weighted by Gasteiger charge is -2.23. The summed E-state index contributed by atoms with van der Waals surface area (Å²) in [7, 11) is 0. The molecule has 0 saturated carbocycles. The summed E-state index contributed by atoms with van der Waals surface area (Å²) in [6.07, 6.45) is 6.46. The molecule has 2 unspecified atom stereocenters. The van der Waals surface area contributed by atoms with Crippen LogP contribution in [0.4, 0.5) is 0 Å². The molecule has 0 bridgehead atoms. The molecular weight excluding hydrogens is 166 g/mol. The minimum absolute atomic E-state index is 0.0581. The van der Waals surface area contributed by atoms with E-state index in [2.05, 4.69) is 0 Å². The van der Waals surface area contributed by atoms with E-state index >= 15 is 0 Å². The summed E-state index contributed by atoms with van der Waals surface area (Å²) in [6, 6.07) is 0.0581. The van der Waals surface area contributed by atoms with Crippen molar-refractivity contribution in [2.75, 3.05) is 13.2 Å². The van der Waals surface area contributed by atoms with Gasteiger partial charge in [0, 0.05) is 6.61 Å². The molecule has 3 heteroatoms. The number of hydrogen-bond donors (Lipinski definition) is 1. The van der Waals surface area contributed by atoms with Gasteiger partial charge in [-0.2, -0.15) is 0 Å². The third-order valence-corrected chi connectivity index (χ3v) is 2.76. The Labute approximate surface area is 78.9 Å². The van der Waals surface area contributed by atoms with Crippen molar-refractivity contribution in [1.29, 1.82) is 0 Å². The summed E-state index contributed by atoms with van der Waals surface area (Å²) >= 11 is 0. The molecule has 2 aliphatic rings. The van der Waals surface area contributed by atoms with Gasteiger partial charge in [0.1, 0.15) is 0 Å². The van der Waals surface area contributed by atoms with Gasteiger partial charge in [-0.25, -0.2) is 0 Å². The molecular formula is C10H17NO2. The Morgan fingerprint density at radius 3 is 2.92 bits per heavy atom. The van der Waals surface area contributed by atoms with Crippen LogP contribution in [0.2, 0.25) is 0 Å². The van der Waals surface area contributed by atoms with Crippen LogP contribution < -0.4 is 5.73 Å². The topological polar surface area (TPSA) is 44.5 Å². The highest BCUT2D eigenvalue weighted by Crippen LogP contribution is 2.23. The predicted molar refractivity (Wildman–Crippen MR) is 50.2 cm³/mol. The fourth-order valence-corrected chi connectivity index (χ4v) is 1.95. The van der Waals surface area contributed by atoms with Crippen LogP contribution >= 0.6 is 0 Å². The van der Waals surface area contributed by atoms with E-state index in [1.54, 1.807) is 0 Å². The molecule has 0 amide bonds. The summed E-state index contributed by atoms with van der Waals surface area (Å²) in [5.74, 6) is 0. The second-order valence-corrected chi connectivity index (χ2v) is 3.74. The van der Waals surface area contributed by atoms with Crippen LogP contribution in [0.3, 0.4) is 0 Å². The van der Waals surface area contributed by atoms with E-state index < -0.39 is 0 Å². The second-order valence-electron chi connectivity index (χ2n) is 3.74. The molecule has 0 aromatic carbocycles. The summed E-state index contributed by atoms with van der Waals surface area (Å²) in [5.41, 5.74) is 7.30. The molecule has 2 N–H and O–H groups in total. The Morgan fingerprint density at radius 2 is 2.31 bits per heavy atom. The highest BCUT2D eigenvalue weighted by Gasteiger charge is 2.26. The molecule has 1 fully saturated rings. The maximum Gasteiger partial charge on any atom is 0.0876 e. The van der Waals surface area contributed by atoms with Crippen LogP contribution in [0.5, 0.6) is 0 Å². The maximum absolute atomic E-state index is 6.08. The van der Waals surface area contributed by atoms with E-state index in [9.17, 15) is 0 Å². The fourth-order valence-electron chi connectivity index (χ4n) is 1.95. The van der Waals surface area contributed by atoms with Crippen molar-refractivity contribution in [3.05, 3.63) is 11.8 Å². The quantitative estimate of drug-likeness (QED) is 0.699. The Morgan fingerprint density at radius 1 is 1.38 bits per heavy atom. The zero-order chi connectivity index (χ0) is 9.10. The largest absolute Gasteiger partial charge is 0.501 e. The summed E-state index contributed by atoms with van der Waals surface area (Å²) < 4.78 is 10.8. The summed E-state index contributed by atoms with van der Waals surface area (Å²) in [6.45, 7) is 1.70. The van der Waals surface area contributed by atoms with Gasteiger partial charge < -0.3 is 15.2 Å². The minimum Gasteiger partial charge on any atom is -0.501 e. The lowest BCUT2D eigenvalue weighted by Crippen LogP contribution is -2.36. The highest BCUT2D eigenvalue weighted by atomic mass is 16.5. The monoisotopic (exact) mass is 183 g/mol. The summed E-state index contributed by atoms with van der Waals surface area (Å²) in [4.78, 5) is 0. The third-order valence-electron chi connectivity index (χ3n) is 2.76. The van der Waals surface area contributed by atoms with Crippen molar-refractivity contribution in [1.82, 2.24) is 0 Å². The molecule has 0 aromatic heterocycles. The van der Waals surface area contributed by atoms with Crippen molar-refractivity contribution in [2.45, 2.75) is 37.8 Å². The SMILES string of the molecule is NC(C1=COCCC1)C1CCCO1. The van der Waals surface area contributed by atoms with E-state index in [0.717, 1.165) is 38.9 Å². The molecule has 74 valence electrons. The van der Waals surface area contributed by atoms with Crippen molar-refractivity contribution in [2.24, 2.45) is 5.73 Å². The molecule has 1 saturated heterocycles. The van der Waals surface area contributed by atoms with E-state index in [4.69, 9.17) is 15.2 Å². The van der Waals surface area contributed by atoms with Gasteiger partial charge >= 0.3 is 0 Å². The van der Waals surface area contributed by atoms with Crippen LogP contribution in [-0.2, 0) is 9.47 Å². The summed E-state index contributed by atoms with van der Waals surface area (Å²) in [5, 5.41) is 0. The Bertz CT molecular complexity index is 197. The minimum atomic E-state index is 0.0581. The van der Waals surface area contributed by atoms with Gasteiger partial charge in [-0.15, -0.1) is 0 Å². The molecule has 0 radical (unpaired) electrons. The Balaban J connectivity index is 1.94. The number of rotatable bonds is 2. The number of nitrogens with two attached hydrogens (primary N) is 1. The molecule has 2 atom stereocenters. The maximum atomic E-state index is 6.08. The second kappa shape index (κ2) is 4.11. The van der Waals surface area contributed by atoms with Gasteiger partial charge in [0.2, 0.25) is 0 Å². The molecule has 2 aliphatic heterocycles. The van der Waals surface area contributed by atoms with Crippen LogP contribution in [0, 0.1) is 0 Å². The van der Waals surface area contributed by atoms with Crippen LogP contribution in [0.25, 0.3) is 0 Å². The Hall–Kier alpha value is -0.540. The highest BCUT2D eigenvalue weighted by molar-refractivity contribution is 5.11. The lowest BCUT2D eigenvalue weighted by molar-refractivity contribution is 0.0942. The average Bonchev–Trinajstić information content (AvgIpc) is 2.71. The standard InChI is InChI=1S/C10H17NO2/c11-10(9-4-2-6-13-9)8-3-1-5-12-7-8/h7,9-10H,1-6,11H2. The van der Waals surface area contributed by atoms with Crippen molar-refractivity contribution < 1.29 is 9.47 Å².